The Morgan fingerprint density at radius 1 is 1.20 bits per heavy atom. The zero-order valence-corrected chi connectivity index (χ0v) is 15.3. The summed E-state index contributed by atoms with van der Waals surface area (Å²) in [6.45, 7) is 3.74. The topological polar surface area (TPSA) is 54.5 Å². The summed E-state index contributed by atoms with van der Waals surface area (Å²) in [4.78, 5) is 18.6. The Kier molecular flexibility index (Phi) is 7.26. The second-order valence-electron chi connectivity index (χ2n) is 6.03. The molecule has 1 heterocycles. The van der Waals surface area contributed by atoms with Gasteiger partial charge in [-0.2, -0.15) is 0 Å². The number of aromatic nitrogens is 1. The van der Waals surface area contributed by atoms with Crippen LogP contribution in [0.5, 0.6) is 5.75 Å². The molecule has 2 aromatic rings. The molecule has 0 spiro atoms. The smallest absolute Gasteiger partial charge is 0.269 e. The van der Waals surface area contributed by atoms with Crippen LogP contribution in [0.15, 0.2) is 42.6 Å². The summed E-state index contributed by atoms with van der Waals surface area (Å²) in [5.41, 5.74) is 2.63. The van der Waals surface area contributed by atoms with Gasteiger partial charge in [0.15, 0.2) is 0 Å². The highest BCUT2D eigenvalue weighted by Gasteiger charge is 2.08. The van der Waals surface area contributed by atoms with Crippen molar-refractivity contribution in [2.75, 3.05) is 32.1 Å². The fraction of sp³-hybridized carbons (Fsp3) is 0.400. The molecule has 0 fully saturated rings. The van der Waals surface area contributed by atoms with E-state index in [-0.39, 0.29) is 5.91 Å². The highest BCUT2D eigenvalue weighted by Crippen LogP contribution is 2.13. The van der Waals surface area contributed by atoms with Crippen LogP contribution >= 0.6 is 0 Å². The van der Waals surface area contributed by atoms with E-state index in [1.807, 2.05) is 37.4 Å². The van der Waals surface area contributed by atoms with E-state index >= 15 is 0 Å². The molecule has 1 aromatic carbocycles. The summed E-state index contributed by atoms with van der Waals surface area (Å²) in [5.74, 6) is 0.692. The number of unbranched alkanes of at least 4 members (excludes halogenated alkanes) is 1. The molecule has 5 nitrogen and oxygen atoms in total. The summed E-state index contributed by atoms with van der Waals surface area (Å²) in [6, 6.07) is 11.6. The largest absolute Gasteiger partial charge is 0.497 e. The average molecular weight is 341 g/mol. The van der Waals surface area contributed by atoms with Crippen molar-refractivity contribution >= 4 is 11.6 Å². The zero-order valence-electron chi connectivity index (χ0n) is 15.3. The molecule has 25 heavy (non-hydrogen) atoms. The molecule has 1 amide bonds. The van der Waals surface area contributed by atoms with Crippen molar-refractivity contribution in [2.45, 2.75) is 26.2 Å². The summed E-state index contributed by atoms with van der Waals surface area (Å²) in [7, 11) is 3.69. The van der Waals surface area contributed by atoms with Gasteiger partial charge in [-0.25, -0.2) is 4.98 Å². The molecule has 1 N–H and O–H groups in total. The van der Waals surface area contributed by atoms with E-state index in [9.17, 15) is 4.79 Å². The molecule has 5 heteroatoms. The maximum Gasteiger partial charge on any atom is 0.269 e. The fourth-order valence-electron chi connectivity index (χ4n) is 2.47. The van der Waals surface area contributed by atoms with Crippen LogP contribution in [-0.2, 0) is 6.42 Å². The number of carbonyl (C=O) groups is 1. The van der Waals surface area contributed by atoms with Gasteiger partial charge in [-0.15, -0.1) is 0 Å². The highest BCUT2D eigenvalue weighted by atomic mass is 16.5. The minimum Gasteiger partial charge on any atom is -0.497 e. The Labute approximate surface area is 150 Å². The quantitative estimate of drug-likeness (QED) is 0.760. The summed E-state index contributed by atoms with van der Waals surface area (Å²) < 4.78 is 5.14. The van der Waals surface area contributed by atoms with Gasteiger partial charge in [0, 0.05) is 20.1 Å². The number of nitrogens with zero attached hydrogens (tertiary/aromatic N) is 2. The third kappa shape index (κ3) is 5.78. The van der Waals surface area contributed by atoms with E-state index < -0.39 is 0 Å². The van der Waals surface area contributed by atoms with Crippen molar-refractivity contribution in [3.05, 3.63) is 53.9 Å². The first-order chi connectivity index (χ1) is 12.1. The molecule has 0 bridgehead atoms. The number of rotatable bonds is 9. The van der Waals surface area contributed by atoms with Crippen LogP contribution in [-0.4, -0.2) is 38.1 Å². The van der Waals surface area contributed by atoms with Gasteiger partial charge in [-0.05, 0) is 42.7 Å². The summed E-state index contributed by atoms with van der Waals surface area (Å²) in [6.07, 6.45) is 4.83. The van der Waals surface area contributed by atoms with Crippen LogP contribution in [0.3, 0.4) is 0 Å². The van der Waals surface area contributed by atoms with Crippen molar-refractivity contribution in [3.8, 4) is 5.75 Å². The predicted octanol–water partition coefficient (Wildman–Crippen LogP) is 3.30. The first-order valence-electron chi connectivity index (χ1n) is 8.72. The van der Waals surface area contributed by atoms with Gasteiger partial charge in [0.05, 0.1) is 19.0 Å². The van der Waals surface area contributed by atoms with Crippen LogP contribution in [0.2, 0.25) is 0 Å². The molecule has 0 aliphatic rings. The van der Waals surface area contributed by atoms with Crippen LogP contribution in [0.25, 0.3) is 0 Å². The van der Waals surface area contributed by atoms with Gasteiger partial charge in [-0.1, -0.05) is 25.5 Å². The van der Waals surface area contributed by atoms with Crippen molar-refractivity contribution < 1.29 is 9.53 Å². The predicted molar refractivity (Wildman–Crippen MR) is 101 cm³/mol. The number of methoxy groups -OCH3 is 1. The second kappa shape index (κ2) is 9.67. The van der Waals surface area contributed by atoms with Crippen molar-refractivity contribution in [3.63, 3.8) is 0 Å². The number of carbonyl (C=O) groups excluding carboxylic acids is 1. The maximum atomic E-state index is 12.2. The van der Waals surface area contributed by atoms with Gasteiger partial charge in [-0.3, -0.25) is 4.79 Å². The Bertz CT molecular complexity index is 654. The third-order valence-corrected chi connectivity index (χ3v) is 4.13. The lowest BCUT2D eigenvalue weighted by Gasteiger charge is -2.18. The number of ether oxygens (including phenoxy) is 1. The number of hydrogen-bond donors (Lipinski definition) is 1. The zero-order chi connectivity index (χ0) is 18.1. The maximum absolute atomic E-state index is 12.2. The minimum absolute atomic E-state index is 0.142. The fourth-order valence-corrected chi connectivity index (χ4v) is 2.47. The van der Waals surface area contributed by atoms with Gasteiger partial charge in [0.25, 0.3) is 5.91 Å². The lowest BCUT2D eigenvalue weighted by atomic mass is 10.1. The van der Waals surface area contributed by atoms with E-state index in [0.29, 0.717) is 12.2 Å². The molecule has 0 atom stereocenters. The second-order valence-corrected chi connectivity index (χ2v) is 6.03. The van der Waals surface area contributed by atoms with Crippen LogP contribution in [0, 0.1) is 0 Å². The Morgan fingerprint density at radius 3 is 2.56 bits per heavy atom. The molecule has 134 valence electrons. The molecule has 2 rings (SSSR count). The molecular formula is C20H27N3O2. The van der Waals surface area contributed by atoms with Crippen LogP contribution in [0.4, 0.5) is 5.69 Å². The van der Waals surface area contributed by atoms with E-state index in [0.717, 1.165) is 42.8 Å². The average Bonchev–Trinajstić information content (AvgIpc) is 2.66. The van der Waals surface area contributed by atoms with E-state index in [2.05, 4.69) is 22.1 Å². The molecule has 0 unspecified atom stereocenters. The van der Waals surface area contributed by atoms with Crippen LogP contribution < -0.4 is 15.0 Å². The first kappa shape index (κ1) is 18.8. The summed E-state index contributed by atoms with van der Waals surface area (Å²) in [5, 5.41) is 2.91. The number of nitrogens with one attached hydrogen (secondary N) is 1. The van der Waals surface area contributed by atoms with Gasteiger partial charge in [0.2, 0.25) is 0 Å². The molecule has 0 radical (unpaired) electrons. The van der Waals surface area contributed by atoms with Gasteiger partial charge >= 0.3 is 0 Å². The Balaban J connectivity index is 1.81. The molecule has 0 saturated carbocycles. The molecular weight excluding hydrogens is 314 g/mol. The standard InChI is InChI=1S/C20H27N3O2/c1-4-5-14-23(2)17-8-11-19(22-15-17)20(24)21-13-12-16-6-9-18(25-3)10-7-16/h6-11,15H,4-5,12-14H2,1-3H3,(H,21,24). The number of amides is 1. The molecule has 0 aliphatic carbocycles. The van der Waals surface area contributed by atoms with Gasteiger partial charge < -0.3 is 15.0 Å². The van der Waals surface area contributed by atoms with Gasteiger partial charge in [0.1, 0.15) is 11.4 Å². The number of hydrogen-bond acceptors (Lipinski definition) is 4. The lowest BCUT2D eigenvalue weighted by Crippen LogP contribution is -2.26. The van der Waals surface area contributed by atoms with Crippen LogP contribution in [0.1, 0.15) is 35.8 Å². The van der Waals surface area contributed by atoms with Crippen molar-refractivity contribution in [2.24, 2.45) is 0 Å². The minimum atomic E-state index is -0.142. The Morgan fingerprint density at radius 2 is 1.96 bits per heavy atom. The molecule has 0 saturated heterocycles. The molecule has 1 aromatic heterocycles. The lowest BCUT2D eigenvalue weighted by molar-refractivity contribution is 0.0949. The van der Waals surface area contributed by atoms with Crippen molar-refractivity contribution in [1.82, 2.24) is 10.3 Å². The third-order valence-electron chi connectivity index (χ3n) is 4.13. The Hall–Kier alpha value is -2.56. The van der Waals surface area contributed by atoms with E-state index in [1.54, 1.807) is 19.4 Å². The summed E-state index contributed by atoms with van der Waals surface area (Å²) >= 11 is 0. The van der Waals surface area contributed by atoms with E-state index in [1.165, 1.54) is 0 Å². The number of benzene rings is 1. The first-order valence-corrected chi connectivity index (χ1v) is 8.72. The monoisotopic (exact) mass is 341 g/mol. The SMILES string of the molecule is CCCCN(C)c1ccc(C(=O)NCCc2ccc(OC)cc2)nc1. The van der Waals surface area contributed by atoms with E-state index in [4.69, 9.17) is 4.74 Å². The highest BCUT2D eigenvalue weighted by molar-refractivity contribution is 5.92. The number of pyridine rings is 1. The number of anilines is 1. The molecule has 0 aliphatic heterocycles. The normalized spacial score (nSPS) is 10.4. The van der Waals surface area contributed by atoms with Crippen molar-refractivity contribution in [1.29, 1.82) is 0 Å².